The maximum Gasteiger partial charge on any atom is 0.282 e. The van der Waals surface area contributed by atoms with Crippen LogP contribution in [0.4, 0.5) is 18.9 Å². The smallest absolute Gasteiger partial charge is 0.282 e. The number of carbonyl (C=O) groups excluding carboxylic acids is 1. The number of hydrogen-bond donors (Lipinski definition) is 1. The van der Waals surface area contributed by atoms with E-state index in [1.165, 1.54) is 23.4 Å². The monoisotopic (exact) mass is 437 g/mol. The molecule has 1 atom stereocenters. The first-order valence-corrected chi connectivity index (χ1v) is 9.92. The van der Waals surface area contributed by atoms with E-state index in [0.717, 1.165) is 11.1 Å². The predicted molar refractivity (Wildman–Crippen MR) is 113 cm³/mol. The number of amides is 1. The summed E-state index contributed by atoms with van der Waals surface area (Å²) in [6, 6.07) is 15.2. The average Bonchev–Trinajstić information content (AvgIpc) is 3.20. The van der Waals surface area contributed by atoms with Crippen LogP contribution in [0.25, 0.3) is 16.8 Å². The molecule has 2 aromatic heterocycles. The van der Waals surface area contributed by atoms with Crippen molar-refractivity contribution in [2.45, 2.75) is 11.8 Å². The van der Waals surface area contributed by atoms with Crippen molar-refractivity contribution in [2.24, 2.45) is 5.73 Å². The Morgan fingerprint density at radius 2 is 1.72 bits per heavy atom. The minimum absolute atomic E-state index is 0.0853. The number of nitrogens with zero attached hydrogens (tertiary/aromatic N) is 4. The quantitative estimate of drug-likeness (QED) is 0.518. The summed E-state index contributed by atoms with van der Waals surface area (Å²) in [7, 11) is 0. The number of rotatable bonds is 5. The van der Waals surface area contributed by atoms with E-state index in [-0.39, 0.29) is 5.69 Å². The summed E-state index contributed by atoms with van der Waals surface area (Å²) in [6.07, 6.45) is 3.27. The summed E-state index contributed by atoms with van der Waals surface area (Å²) in [5.41, 5.74) is 9.22. The number of anilines is 1. The molecule has 0 spiro atoms. The fourth-order valence-electron chi connectivity index (χ4n) is 4.03. The van der Waals surface area contributed by atoms with E-state index in [0.29, 0.717) is 16.8 Å². The Hall–Kier alpha value is -3.88. The molecule has 4 aromatic rings. The molecule has 0 aliphatic carbocycles. The molecular formula is C23H18F3N5O. The Kier molecular flexibility index (Phi) is 4.61. The van der Waals surface area contributed by atoms with Crippen molar-refractivity contribution in [1.29, 1.82) is 0 Å². The third-order valence-corrected chi connectivity index (χ3v) is 5.63. The van der Waals surface area contributed by atoms with E-state index in [4.69, 9.17) is 5.73 Å². The van der Waals surface area contributed by atoms with Gasteiger partial charge in [-0.1, -0.05) is 30.3 Å². The molecule has 3 heterocycles. The molecule has 0 bridgehead atoms. The number of primary amides is 1. The summed E-state index contributed by atoms with van der Waals surface area (Å²) < 4.78 is 42.5. The van der Waals surface area contributed by atoms with E-state index < -0.39 is 36.7 Å². The van der Waals surface area contributed by atoms with E-state index in [2.05, 4.69) is 10.1 Å². The average molecular weight is 437 g/mol. The number of carbonyl (C=O) groups is 1. The van der Waals surface area contributed by atoms with Crippen LogP contribution in [0.1, 0.15) is 17.0 Å². The normalized spacial score (nSPS) is 16.0. The van der Waals surface area contributed by atoms with Crippen molar-refractivity contribution in [2.75, 3.05) is 18.0 Å². The number of pyridine rings is 1. The van der Waals surface area contributed by atoms with Crippen LogP contribution in [0.15, 0.2) is 67.1 Å². The van der Waals surface area contributed by atoms with Crippen LogP contribution < -0.4 is 10.6 Å². The lowest BCUT2D eigenvalue weighted by atomic mass is 9.89. The SMILES string of the molecule is NC(=O)C(c1ccc(-c2ccn3ncnc3c2)cc1)c1ccc(N2CC(F)(F)C2)c(F)c1. The van der Waals surface area contributed by atoms with Crippen LogP contribution in [-0.2, 0) is 4.79 Å². The van der Waals surface area contributed by atoms with Gasteiger partial charge in [-0.25, -0.2) is 22.7 Å². The second-order valence-corrected chi connectivity index (χ2v) is 7.86. The van der Waals surface area contributed by atoms with Crippen LogP contribution in [-0.4, -0.2) is 39.5 Å². The first-order chi connectivity index (χ1) is 15.3. The van der Waals surface area contributed by atoms with Gasteiger partial charge in [-0.2, -0.15) is 5.10 Å². The molecule has 0 radical (unpaired) electrons. The van der Waals surface area contributed by atoms with E-state index >= 15 is 0 Å². The molecule has 1 amide bonds. The molecule has 1 fully saturated rings. The summed E-state index contributed by atoms with van der Waals surface area (Å²) in [5.74, 6) is -4.97. The zero-order valence-electron chi connectivity index (χ0n) is 16.8. The van der Waals surface area contributed by atoms with Crippen molar-refractivity contribution in [3.63, 3.8) is 0 Å². The molecule has 0 saturated carbocycles. The second kappa shape index (κ2) is 7.37. The lowest BCUT2D eigenvalue weighted by molar-refractivity contribution is -0.118. The third kappa shape index (κ3) is 3.55. The number of hydrogen-bond acceptors (Lipinski definition) is 4. The predicted octanol–water partition coefficient (Wildman–Crippen LogP) is 3.61. The maximum absolute atomic E-state index is 14.6. The molecule has 5 rings (SSSR count). The van der Waals surface area contributed by atoms with Crippen LogP contribution in [0, 0.1) is 5.82 Å². The van der Waals surface area contributed by atoms with Gasteiger partial charge < -0.3 is 10.6 Å². The van der Waals surface area contributed by atoms with Crippen LogP contribution >= 0.6 is 0 Å². The van der Waals surface area contributed by atoms with E-state index in [1.807, 2.05) is 24.3 Å². The number of aromatic nitrogens is 3. The van der Waals surface area contributed by atoms with Gasteiger partial charge in [-0.05, 0) is 46.5 Å². The summed E-state index contributed by atoms with van der Waals surface area (Å²) in [5, 5.41) is 4.07. The minimum Gasteiger partial charge on any atom is -0.369 e. The zero-order chi connectivity index (χ0) is 22.5. The Balaban J connectivity index is 1.42. The number of benzene rings is 2. The zero-order valence-corrected chi connectivity index (χ0v) is 16.8. The molecule has 162 valence electrons. The van der Waals surface area contributed by atoms with Gasteiger partial charge in [0.1, 0.15) is 12.1 Å². The van der Waals surface area contributed by atoms with Crippen LogP contribution in [0.2, 0.25) is 0 Å². The molecule has 1 aliphatic rings. The van der Waals surface area contributed by atoms with Gasteiger partial charge in [0.2, 0.25) is 5.91 Å². The van der Waals surface area contributed by atoms with Crippen molar-refractivity contribution in [3.8, 4) is 11.1 Å². The Morgan fingerprint density at radius 1 is 1.00 bits per heavy atom. The molecule has 2 N–H and O–H groups in total. The van der Waals surface area contributed by atoms with Crippen molar-refractivity contribution in [1.82, 2.24) is 14.6 Å². The standard InChI is InChI=1S/C23H18F3N5O/c24-18-9-17(5-6-19(18)30-11-23(25,26)12-30)21(22(27)32)15-3-1-14(2-4-15)16-7-8-31-20(10-16)28-13-29-31/h1-10,13,21H,11-12H2,(H2,27,32). The lowest BCUT2D eigenvalue weighted by Crippen LogP contribution is -2.56. The Labute approximate surface area is 181 Å². The summed E-state index contributed by atoms with van der Waals surface area (Å²) in [4.78, 5) is 17.7. The van der Waals surface area contributed by atoms with Gasteiger partial charge in [-0.3, -0.25) is 4.79 Å². The summed E-state index contributed by atoms with van der Waals surface area (Å²) in [6.45, 7) is -1.05. The first kappa shape index (κ1) is 20.0. The van der Waals surface area contributed by atoms with Crippen molar-refractivity contribution >= 4 is 17.2 Å². The fourth-order valence-corrected chi connectivity index (χ4v) is 4.03. The molecule has 2 aromatic carbocycles. The lowest BCUT2D eigenvalue weighted by Gasteiger charge is -2.40. The molecular weight excluding hydrogens is 419 g/mol. The molecule has 1 aliphatic heterocycles. The van der Waals surface area contributed by atoms with Crippen molar-refractivity contribution < 1.29 is 18.0 Å². The van der Waals surface area contributed by atoms with Crippen molar-refractivity contribution in [3.05, 3.63) is 84.1 Å². The fraction of sp³-hybridized carbons (Fsp3) is 0.174. The number of fused-ring (bicyclic) bond motifs is 1. The maximum atomic E-state index is 14.6. The topological polar surface area (TPSA) is 76.5 Å². The van der Waals surface area contributed by atoms with Gasteiger partial charge in [0.05, 0.1) is 24.7 Å². The Morgan fingerprint density at radius 3 is 2.38 bits per heavy atom. The van der Waals surface area contributed by atoms with Gasteiger partial charge in [-0.15, -0.1) is 0 Å². The second-order valence-electron chi connectivity index (χ2n) is 7.86. The van der Waals surface area contributed by atoms with Gasteiger partial charge >= 0.3 is 0 Å². The molecule has 1 unspecified atom stereocenters. The van der Waals surface area contributed by atoms with Gasteiger partial charge in [0.25, 0.3) is 5.92 Å². The molecule has 6 nitrogen and oxygen atoms in total. The summed E-state index contributed by atoms with van der Waals surface area (Å²) >= 11 is 0. The van der Waals surface area contributed by atoms with E-state index in [1.54, 1.807) is 28.9 Å². The highest BCUT2D eigenvalue weighted by atomic mass is 19.3. The van der Waals surface area contributed by atoms with E-state index in [9.17, 15) is 18.0 Å². The van der Waals surface area contributed by atoms with Gasteiger partial charge in [0, 0.05) is 6.20 Å². The van der Waals surface area contributed by atoms with Crippen LogP contribution in [0.5, 0.6) is 0 Å². The molecule has 9 heteroatoms. The highest BCUT2D eigenvalue weighted by Gasteiger charge is 2.44. The third-order valence-electron chi connectivity index (χ3n) is 5.63. The highest BCUT2D eigenvalue weighted by molar-refractivity contribution is 5.86. The molecule has 32 heavy (non-hydrogen) atoms. The van der Waals surface area contributed by atoms with Crippen LogP contribution in [0.3, 0.4) is 0 Å². The number of halogens is 3. The minimum atomic E-state index is -2.80. The number of nitrogens with two attached hydrogens (primary N) is 1. The molecule has 1 saturated heterocycles. The first-order valence-electron chi connectivity index (χ1n) is 9.92. The number of alkyl halides is 2. The highest BCUT2D eigenvalue weighted by Crippen LogP contribution is 2.35. The largest absolute Gasteiger partial charge is 0.369 e. The van der Waals surface area contributed by atoms with Gasteiger partial charge in [0.15, 0.2) is 5.65 Å². The Bertz CT molecular complexity index is 1310.